The van der Waals surface area contributed by atoms with E-state index in [0.717, 1.165) is 17.1 Å². The monoisotopic (exact) mass is 427 g/mol. The predicted octanol–water partition coefficient (Wildman–Crippen LogP) is 2.82. The van der Waals surface area contributed by atoms with Crippen molar-refractivity contribution in [2.45, 2.75) is 16.2 Å². The van der Waals surface area contributed by atoms with Crippen molar-refractivity contribution in [2.75, 3.05) is 11.1 Å². The third kappa shape index (κ3) is 4.20. The summed E-state index contributed by atoms with van der Waals surface area (Å²) < 4.78 is 74.4. The van der Waals surface area contributed by atoms with Crippen molar-refractivity contribution >= 4 is 19.9 Å². The fourth-order valence-electron chi connectivity index (χ4n) is 2.42. The summed E-state index contributed by atoms with van der Waals surface area (Å²) in [6, 6.07) is 13.8. The molecular weight excluding hydrogens is 412 g/mol. The first-order chi connectivity index (χ1) is 13.1. The predicted molar refractivity (Wildman–Crippen MR) is 98.7 cm³/mol. The van der Waals surface area contributed by atoms with Gasteiger partial charge in [-0.3, -0.25) is 0 Å². The molecule has 3 rings (SSSR count). The van der Waals surface area contributed by atoms with Gasteiger partial charge in [0.2, 0.25) is 0 Å². The molecule has 2 aromatic carbocycles. The molecule has 0 unspecified atom stereocenters. The number of aromatic nitrogens is 2. The Hall–Kier alpha value is -2.79. The maximum Gasteiger partial charge on any atom is 0.282 e. The molecule has 0 fully saturated rings. The van der Waals surface area contributed by atoms with E-state index < -0.39 is 32.0 Å². The van der Waals surface area contributed by atoms with Crippen LogP contribution in [-0.4, -0.2) is 33.0 Å². The van der Waals surface area contributed by atoms with E-state index in [1.54, 1.807) is 6.07 Å². The number of hydrogen-bond acceptors (Lipinski definition) is 5. The molecular formula is C17H15F2N3O4S2. The Morgan fingerprint density at radius 3 is 2.07 bits per heavy atom. The highest BCUT2D eigenvalue weighted by Crippen LogP contribution is 2.26. The second-order valence-electron chi connectivity index (χ2n) is 5.87. The number of halogens is 2. The van der Waals surface area contributed by atoms with Crippen molar-refractivity contribution in [2.24, 2.45) is 0 Å². The molecule has 11 heteroatoms. The minimum absolute atomic E-state index is 0.0369. The van der Waals surface area contributed by atoms with Crippen LogP contribution in [0.2, 0.25) is 0 Å². The molecule has 1 heterocycles. The van der Waals surface area contributed by atoms with Crippen LogP contribution in [-0.2, 0) is 19.9 Å². The van der Waals surface area contributed by atoms with Crippen molar-refractivity contribution in [1.29, 1.82) is 0 Å². The highest BCUT2D eigenvalue weighted by Gasteiger charge is 2.21. The largest absolute Gasteiger partial charge is 0.282 e. The first-order valence-corrected chi connectivity index (χ1v) is 11.2. The average Bonchev–Trinajstić information content (AvgIpc) is 3.05. The number of nitrogens with one attached hydrogen (secondary N) is 1. The second-order valence-corrected chi connectivity index (χ2v) is 9.55. The van der Waals surface area contributed by atoms with Crippen LogP contribution in [0.25, 0.3) is 11.3 Å². The van der Waals surface area contributed by atoms with Gasteiger partial charge in [-0.15, -0.1) is 0 Å². The highest BCUT2D eigenvalue weighted by atomic mass is 32.2. The summed E-state index contributed by atoms with van der Waals surface area (Å²) in [4.78, 5) is 2.86. The summed E-state index contributed by atoms with van der Waals surface area (Å²) in [6.45, 7) is 0. The van der Waals surface area contributed by atoms with E-state index >= 15 is 0 Å². The highest BCUT2D eigenvalue weighted by molar-refractivity contribution is 7.92. The van der Waals surface area contributed by atoms with E-state index in [1.807, 2.05) is 0 Å². The Kier molecular flexibility index (Phi) is 5.22. The van der Waals surface area contributed by atoms with Crippen molar-refractivity contribution in [3.8, 4) is 11.3 Å². The molecule has 28 heavy (non-hydrogen) atoms. The summed E-state index contributed by atoms with van der Waals surface area (Å²) in [5, 5.41) is 3.63. The van der Waals surface area contributed by atoms with E-state index in [0.29, 0.717) is 5.56 Å². The van der Waals surface area contributed by atoms with Crippen LogP contribution in [0.5, 0.6) is 0 Å². The summed E-state index contributed by atoms with van der Waals surface area (Å²) in [6.07, 6.45) is -1.88. The van der Waals surface area contributed by atoms with Gasteiger partial charge in [-0.25, -0.2) is 17.2 Å². The lowest BCUT2D eigenvalue weighted by atomic mass is 10.1. The van der Waals surface area contributed by atoms with Crippen molar-refractivity contribution < 1.29 is 25.6 Å². The average molecular weight is 427 g/mol. The van der Waals surface area contributed by atoms with E-state index in [4.69, 9.17) is 0 Å². The van der Waals surface area contributed by atoms with E-state index in [-0.39, 0.29) is 15.5 Å². The van der Waals surface area contributed by atoms with Crippen LogP contribution >= 0.6 is 0 Å². The van der Waals surface area contributed by atoms with Crippen LogP contribution in [0.3, 0.4) is 0 Å². The van der Waals surface area contributed by atoms with Crippen LogP contribution < -0.4 is 4.83 Å². The van der Waals surface area contributed by atoms with Crippen LogP contribution in [0, 0.1) is 0 Å². The van der Waals surface area contributed by atoms with Gasteiger partial charge < -0.3 is 0 Å². The van der Waals surface area contributed by atoms with Gasteiger partial charge in [-0.1, -0.05) is 30.3 Å². The zero-order valence-corrected chi connectivity index (χ0v) is 16.1. The molecule has 0 radical (unpaired) electrons. The molecule has 0 saturated heterocycles. The normalized spacial score (nSPS) is 12.3. The van der Waals surface area contributed by atoms with Crippen molar-refractivity contribution in [1.82, 2.24) is 9.89 Å². The first kappa shape index (κ1) is 20.0. The number of sulfone groups is 1. The van der Waals surface area contributed by atoms with Gasteiger partial charge in [0.15, 0.2) is 9.84 Å². The lowest BCUT2D eigenvalue weighted by Crippen LogP contribution is -2.25. The maximum atomic E-state index is 13.1. The third-order valence-corrected chi connectivity index (χ3v) is 6.22. The Bertz CT molecular complexity index is 1190. The molecule has 0 spiro atoms. The number of sulfonamides is 1. The lowest BCUT2D eigenvalue weighted by molar-refractivity contribution is 0.145. The molecule has 1 aromatic heterocycles. The smallest absolute Gasteiger partial charge is 0.224 e. The topological polar surface area (TPSA) is 98.1 Å². The molecule has 3 aromatic rings. The van der Waals surface area contributed by atoms with Gasteiger partial charge in [0, 0.05) is 11.8 Å². The van der Waals surface area contributed by atoms with Crippen LogP contribution in [0.4, 0.5) is 8.78 Å². The number of benzene rings is 2. The SMILES string of the molecule is CS(=O)(=O)c1ccc(-c2cc(C(F)F)nn2NS(=O)(=O)c2ccccc2)cc1. The fraction of sp³-hybridized carbons (Fsp3) is 0.118. The zero-order valence-electron chi connectivity index (χ0n) is 14.5. The molecule has 7 nitrogen and oxygen atoms in total. The molecule has 0 aliphatic rings. The summed E-state index contributed by atoms with van der Waals surface area (Å²) in [7, 11) is -7.52. The lowest BCUT2D eigenvalue weighted by Gasteiger charge is -2.11. The fourth-order valence-corrected chi connectivity index (χ4v) is 4.04. The van der Waals surface area contributed by atoms with Crippen molar-refractivity contribution in [3.63, 3.8) is 0 Å². The maximum absolute atomic E-state index is 13.1. The summed E-state index contributed by atoms with van der Waals surface area (Å²) in [5.41, 5.74) is -0.282. The summed E-state index contributed by atoms with van der Waals surface area (Å²) in [5.74, 6) is 0. The zero-order chi connectivity index (χ0) is 20.5. The molecule has 0 aliphatic carbocycles. The van der Waals surface area contributed by atoms with E-state index in [9.17, 15) is 25.6 Å². The quantitative estimate of drug-likeness (QED) is 0.652. The van der Waals surface area contributed by atoms with Crippen LogP contribution in [0.15, 0.2) is 70.5 Å². The molecule has 0 amide bonds. The summed E-state index contributed by atoms with van der Waals surface area (Å²) >= 11 is 0. The van der Waals surface area contributed by atoms with Gasteiger partial charge >= 0.3 is 0 Å². The minimum atomic E-state index is -4.08. The number of hydrogen-bond donors (Lipinski definition) is 1. The number of rotatable bonds is 6. The van der Waals surface area contributed by atoms with E-state index in [2.05, 4.69) is 9.93 Å². The van der Waals surface area contributed by atoms with Gasteiger partial charge in [-0.05, 0) is 30.3 Å². The minimum Gasteiger partial charge on any atom is -0.224 e. The molecule has 1 N–H and O–H groups in total. The Balaban J connectivity index is 2.05. The molecule has 148 valence electrons. The number of nitrogens with zero attached hydrogens (tertiary/aromatic N) is 2. The van der Waals surface area contributed by atoms with Crippen LogP contribution in [0.1, 0.15) is 12.1 Å². The van der Waals surface area contributed by atoms with Gasteiger partial charge in [0.05, 0.1) is 15.5 Å². The molecule has 0 bridgehead atoms. The number of alkyl halides is 2. The van der Waals surface area contributed by atoms with E-state index in [1.165, 1.54) is 48.5 Å². The van der Waals surface area contributed by atoms with Gasteiger partial charge in [0.25, 0.3) is 16.4 Å². The standard InChI is InChI=1S/C17H15F2N3O4S2/c1-27(23,24)13-9-7-12(8-10-13)16-11-15(17(18)19)20-22(16)21-28(25,26)14-5-3-2-4-6-14/h2-11,17,21H,1H3. The molecule has 0 aliphatic heterocycles. The Morgan fingerprint density at radius 1 is 0.929 bits per heavy atom. The second kappa shape index (κ2) is 7.32. The molecule has 0 atom stereocenters. The third-order valence-electron chi connectivity index (χ3n) is 3.79. The van der Waals surface area contributed by atoms with Crippen molar-refractivity contribution in [3.05, 3.63) is 66.4 Å². The first-order valence-electron chi connectivity index (χ1n) is 7.84. The van der Waals surface area contributed by atoms with Gasteiger partial charge in [0.1, 0.15) is 5.69 Å². The van der Waals surface area contributed by atoms with Gasteiger partial charge in [-0.2, -0.15) is 23.1 Å². The Morgan fingerprint density at radius 2 is 1.54 bits per heavy atom. The molecule has 0 saturated carbocycles. The Labute approximate surface area is 160 Å².